The van der Waals surface area contributed by atoms with E-state index in [0.29, 0.717) is 0 Å². The first kappa shape index (κ1) is 14.1. The Morgan fingerprint density at radius 2 is 1.95 bits per heavy atom. The molecule has 2 unspecified atom stereocenters. The third kappa shape index (κ3) is 2.92. The number of aromatic nitrogens is 1. The highest BCUT2D eigenvalue weighted by molar-refractivity contribution is 5.80. The van der Waals surface area contributed by atoms with Gasteiger partial charge in [0.15, 0.2) is 0 Å². The van der Waals surface area contributed by atoms with Crippen molar-refractivity contribution in [1.29, 1.82) is 0 Å². The van der Waals surface area contributed by atoms with Crippen molar-refractivity contribution >= 4 is 16.9 Å². The number of aliphatic carboxylic acids is 1. The maximum absolute atomic E-state index is 11.6. The fraction of sp³-hybridized carbons (Fsp3) is 0.444. The van der Waals surface area contributed by atoms with E-state index in [1.807, 2.05) is 19.1 Å². The van der Waals surface area contributed by atoms with E-state index < -0.39 is 5.97 Å². The van der Waals surface area contributed by atoms with E-state index in [4.69, 9.17) is 0 Å². The zero-order valence-electron chi connectivity index (χ0n) is 12.4. The zero-order chi connectivity index (χ0) is 14.8. The smallest absolute Gasteiger partial charge is 0.307 e. The molecule has 2 aromatic rings. The van der Waals surface area contributed by atoms with Crippen LogP contribution < -0.4 is 0 Å². The Balaban J connectivity index is 2.00. The number of carbonyl (C=O) groups is 1. The first-order valence-corrected chi connectivity index (χ1v) is 7.75. The predicted octanol–water partition coefficient (Wildman–Crippen LogP) is 4.29. The molecule has 110 valence electrons. The summed E-state index contributed by atoms with van der Waals surface area (Å²) in [4.78, 5) is 16.1. The highest BCUT2D eigenvalue weighted by atomic mass is 16.4. The Labute approximate surface area is 125 Å². The van der Waals surface area contributed by atoms with Gasteiger partial charge in [-0.05, 0) is 49.4 Å². The molecule has 0 spiro atoms. The molecule has 1 aromatic heterocycles. The second-order valence-electron chi connectivity index (χ2n) is 6.09. The highest BCUT2D eigenvalue weighted by Crippen LogP contribution is 2.37. The van der Waals surface area contributed by atoms with Gasteiger partial charge in [-0.25, -0.2) is 0 Å². The van der Waals surface area contributed by atoms with Gasteiger partial charge in [-0.2, -0.15) is 0 Å². The van der Waals surface area contributed by atoms with Crippen molar-refractivity contribution in [3.05, 3.63) is 41.6 Å². The second-order valence-corrected chi connectivity index (χ2v) is 6.09. The predicted molar refractivity (Wildman–Crippen MR) is 83.4 cm³/mol. The third-order valence-corrected chi connectivity index (χ3v) is 4.61. The van der Waals surface area contributed by atoms with Gasteiger partial charge in [0.1, 0.15) is 0 Å². The third-order valence-electron chi connectivity index (χ3n) is 4.61. The molecule has 0 aliphatic heterocycles. The number of benzene rings is 1. The minimum absolute atomic E-state index is 0.135. The van der Waals surface area contributed by atoms with Crippen LogP contribution in [0.25, 0.3) is 10.9 Å². The van der Waals surface area contributed by atoms with Crippen molar-refractivity contribution in [2.75, 3.05) is 0 Å². The molecule has 1 aliphatic carbocycles. The molecule has 0 bridgehead atoms. The molecule has 3 rings (SSSR count). The summed E-state index contributed by atoms with van der Waals surface area (Å²) in [5.74, 6) is -0.761. The molecule has 0 amide bonds. The molecule has 0 radical (unpaired) electrons. The summed E-state index contributed by atoms with van der Waals surface area (Å²) < 4.78 is 0. The molecular weight excluding hydrogens is 262 g/mol. The van der Waals surface area contributed by atoms with Crippen molar-refractivity contribution in [2.24, 2.45) is 5.92 Å². The van der Waals surface area contributed by atoms with E-state index in [2.05, 4.69) is 23.2 Å². The summed E-state index contributed by atoms with van der Waals surface area (Å²) in [5.41, 5.74) is 3.15. The van der Waals surface area contributed by atoms with Crippen LogP contribution in [0.2, 0.25) is 0 Å². The molecule has 3 heteroatoms. The first-order chi connectivity index (χ1) is 10.1. The molecule has 1 fully saturated rings. The standard InChI is InChI=1S/C18H21NO2/c1-12-7-8-14-11-13(9-10-17(14)19-12)15-5-3-2-4-6-16(15)18(20)21/h7-11,15-16H,2-6H2,1H3,(H,20,21). The molecule has 2 atom stereocenters. The number of pyridine rings is 1. The van der Waals surface area contributed by atoms with Crippen molar-refractivity contribution in [3.8, 4) is 0 Å². The largest absolute Gasteiger partial charge is 0.481 e. The summed E-state index contributed by atoms with van der Waals surface area (Å²) in [5, 5.41) is 10.6. The fourth-order valence-electron chi connectivity index (χ4n) is 3.48. The number of fused-ring (bicyclic) bond motifs is 1. The van der Waals surface area contributed by atoms with E-state index >= 15 is 0 Å². The van der Waals surface area contributed by atoms with E-state index in [-0.39, 0.29) is 11.8 Å². The van der Waals surface area contributed by atoms with Crippen LogP contribution in [0.1, 0.15) is 49.3 Å². The van der Waals surface area contributed by atoms with Crippen LogP contribution in [0, 0.1) is 12.8 Å². The summed E-state index contributed by atoms with van der Waals surface area (Å²) in [6.45, 7) is 1.99. The summed E-state index contributed by atoms with van der Waals surface area (Å²) in [6, 6.07) is 10.3. The SMILES string of the molecule is Cc1ccc2cc(C3CCCCCC3C(=O)O)ccc2n1. The Kier molecular flexibility index (Phi) is 3.91. The molecule has 21 heavy (non-hydrogen) atoms. The number of carboxylic acid groups (broad SMARTS) is 1. The number of aryl methyl sites for hydroxylation is 1. The topological polar surface area (TPSA) is 50.2 Å². The van der Waals surface area contributed by atoms with E-state index in [1.54, 1.807) is 0 Å². The van der Waals surface area contributed by atoms with E-state index in [9.17, 15) is 9.90 Å². The van der Waals surface area contributed by atoms with Gasteiger partial charge in [-0.3, -0.25) is 9.78 Å². The van der Waals surface area contributed by atoms with Gasteiger partial charge in [-0.1, -0.05) is 31.4 Å². The number of hydrogen-bond donors (Lipinski definition) is 1. The Morgan fingerprint density at radius 1 is 1.14 bits per heavy atom. The summed E-state index contributed by atoms with van der Waals surface area (Å²) in [7, 11) is 0. The minimum Gasteiger partial charge on any atom is -0.481 e. The van der Waals surface area contributed by atoms with Crippen LogP contribution in [-0.2, 0) is 4.79 Å². The van der Waals surface area contributed by atoms with Crippen LogP contribution in [0.5, 0.6) is 0 Å². The molecule has 1 saturated carbocycles. The van der Waals surface area contributed by atoms with Gasteiger partial charge < -0.3 is 5.11 Å². The van der Waals surface area contributed by atoms with Crippen molar-refractivity contribution < 1.29 is 9.90 Å². The molecular formula is C18H21NO2. The van der Waals surface area contributed by atoms with E-state index in [1.165, 1.54) is 0 Å². The van der Waals surface area contributed by atoms with Gasteiger partial charge in [0.2, 0.25) is 0 Å². The Morgan fingerprint density at radius 3 is 2.76 bits per heavy atom. The lowest BCUT2D eigenvalue weighted by Gasteiger charge is -2.22. The molecule has 1 aliphatic rings. The highest BCUT2D eigenvalue weighted by Gasteiger charge is 2.30. The Hall–Kier alpha value is -1.90. The lowest BCUT2D eigenvalue weighted by atomic mass is 9.82. The average molecular weight is 283 g/mol. The molecule has 0 saturated heterocycles. The quantitative estimate of drug-likeness (QED) is 0.836. The lowest BCUT2D eigenvalue weighted by molar-refractivity contribution is -0.142. The normalized spacial score (nSPS) is 22.9. The maximum Gasteiger partial charge on any atom is 0.307 e. The molecule has 1 N–H and O–H groups in total. The first-order valence-electron chi connectivity index (χ1n) is 7.75. The minimum atomic E-state index is -0.649. The average Bonchev–Trinajstić information content (AvgIpc) is 2.72. The molecule has 1 heterocycles. The maximum atomic E-state index is 11.6. The van der Waals surface area contributed by atoms with Crippen molar-refractivity contribution in [2.45, 2.75) is 44.9 Å². The van der Waals surface area contributed by atoms with Gasteiger partial charge in [0.25, 0.3) is 0 Å². The molecule has 1 aromatic carbocycles. The van der Waals surface area contributed by atoms with Gasteiger partial charge >= 0.3 is 5.97 Å². The monoisotopic (exact) mass is 283 g/mol. The number of carboxylic acids is 1. The van der Waals surface area contributed by atoms with Crippen LogP contribution in [0.15, 0.2) is 30.3 Å². The van der Waals surface area contributed by atoms with Gasteiger partial charge in [0, 0.05) is 11.1 Å². The lowest BCUT2D eigenvalue weighted by Crippen LogP contribution is -2.21. The van der Waals surface area contributed by atoms with Crippen LogP contribution in [0.4, 0.5) is 0 Å². The Bertz CT molecular complexity index is 665. The van der Waals surface area contributed by atoms with Crippen molar-refractivity contribution in [1.82, 2.24) is 4.98 Å². The number of nitrogens with zero attached hydrogens (tertiary/aromatic N) is 1. The summed E-state index contributed by atoms with van der Waals surface area (Å²) >= 11 is 0. The fourth-order valence-corrected chi connectivity index (χ4v) is 3.48. The van der Waals surface area contributed by atoms with E-state index in [0.717, 1.165) is 54.3 Å². The number of rotatable bonds is 2. The van der Waals surface area contributed by atoms with Crippen molar-refractivity contribution in [3.63, 3.8) is 0 Å². The second kappa shape index (κ2) is 5.84. The summed E-state index contributed by atoms with van der Waals surface area (Å²) in [6.07, 6.45) is 5.07. The van der Waals surface area contributed by atoms with Gasteiger partial charge in [-0.15, -0.1) is 0 Å². The van der Waals surface area contributed by atoms with Gasteiger partial charge in [0.05, 0.1) is 11.4 Å². The number of hydrogen-bond acceptors (Lipinski definition) is 2. The zero-order valence-corrected chi connectivity index (χ0v) is 12.4. The van der Waals surface area contributed by atoms with Crippen LogP contribution >= 0.6 is 0 Å². The van der Waals surface area contributed by atoms with Crippen LogP contribution in [0.3, 0.4) is 0 Å². The van der Waals surface area contributed by atoms with Crippen LogP contribution in [-0.4, -0.2) is 16.1 Å². The molecule has 3 nitrogen and oxygen atoms in total.